The Morgan fingerprint density at radius 2 is 2.41 bits per heavy atom. The monoisotopic (exact) mass is 253 g/mol. The summed E-state index contributed by atoms with van der Waals surface area (Å²) in [5.41, 5.74) is 1.89. The molecular weight excluding hydrogens is 236 g/mol. The quantitative estimate of drug-likeness (QED) is 0.758. The number of Topliss-reactive ketones (excluding diaryl/α,β-unsaturated/α-hetero) is 1. The van der Waals surface area contributed by atoms with Gasteiger partial charge in [-0.1, -0.05) is 11.8 Å². The third kappa shape index (κ3) is 2.55. The lowest BCUT2D eigenvalue weighted by Crippen LogP contribution is -2.31. The van der Waals surface area contributed by atoms with Crippen molar-refractivity contribution >= 4 is 23.3 Å². The third-order valence-electron chi connectivity index (χ3n) is 3.03. The van der Waals surface area contributed by atoms with E-state index in [-0.39, 0.29) is 17.8 Å². The van der Waals surface area contributed by atoms with E-state index in [2.05, 4.69) is 15.3 Å². The second-order valence-corrected chi connectivity index (χ2v) is 5.39. The standard InChI is InChI=1S/C12H17N2O2S/c1-14(2)10-7-17-12-8(10)4-5-9(13-12)11(15)6-16-3/h8,12H,4-6H2,1-3H3. The van der Waals surface area contributed by atoms with Gasteiger partial charge in [-0.25, -0.2) is 0 Å². The van der Waals surface area contributed by atoms with E-state index in [1.165, 1.54) is 12.8 Å². The molecule has 2 aliphatic heterocycles. The molecule has 2 rings (SSSR count). The minimum Gasteiger partial charge on any atom is -0.380 e. The number of carbonyl (C=O) groups is 1. The minimum absolute atomic E-state index is 0.0184. The van der Waals surface area contributed by atoms with Gasteiger partial charge in [-0.3, -0.25) is 9.79 Å². The molecule has 93 valence electrons. The van der Waals surface area contributed by atoms with Crippen molar-refractivity contribution in [2.24, 2.45) is 10.9 Å². The van der Waals surface area contributed by atoms with Gasteiger partial charge in [0.2, 0.25) is 5.78 Å². The number of hydrogen-bond donors (Lipinski definition) is 0. The summed E-state index contributed by atoms with van der Waals surface area (Å²) < 4.78 is 4.86. The molecule has 2 aliphatic rings. The van der Waals surface area contributed by atoms with Crippen molar-refractivity contribution in [3.05, 3.63) is 11.1 Å². The molecule has 4 nitrogen and oxygen atoms in total. The third-order valence-corrected chi connectivity index (χ3v) is 4.04. The van der Waals surface area contributed by atoms with Crippen LogP contribution in [0.2, 0.25) is 0 Å². The second-order valence-electron chi connectivity index (χ2n) is 4.47. The lowest BCUT2D eigenvalue weighted by Gasteiger charge is -2.27. The average Bonchev–Trinajstić information content (AvgIpc) is 2.71. The Hall–Kier alpha value is -0.810. The van der Waals surface area contributed by atoms with Crippen molar-refractivity contribution in [1.29, 1.82) is 0 Å². The topological polar surface area (TPSA) is 41.9 Å². The molecule has 1 radical (unpaired) electrons. The first-order valence-electron chi connectivity index (χ1n) is 5.68. The molecule has 0 fully saturated rings. The number of nitrogens with zero attached hydrogens (tertiary/aromatic N) is 2. The summed E-state index contributed by atoms with van der Waals surface area (Å²) in [6.45, 7) is 0.137. The zero-order chi connectivity index (χ0) is 12.4. The SMILES string of the molecule is COCC(=O)C1=NC2S[C]=C(N(C)C)C2CC1. The van der Waals surface area contributed by atoms with Crippen LogP contribution in [-0.2, 0) is 9.53 Å². The molecule has 17 heavy (non-hydrogen) atoms. The summed E-state index contributed by atoms with van der Waals surface area (Å²) in [4.78, 5) is 18.3. The van der Waals surface area contributed by atoms with Crippen LogP contribution in [0.1, 0.15) is 12.8 Å². The van der Waals surface area contributed by atoms with Crippen molar-refractivity contribution in [2.45, 2.75) is 18.2 Å². The molecule has 0 aromatic carbocycles. The van der Waals surface area contributed by atoms with Crippen LogP contribution in [0.5, 0.6) is 0 Å². The highest BCUT2D eigenvalue weighted by Gasteiger charge is 2.36. The Labute approximate surface area is 106 Å². The molecule has 2 unspecified atom stereocenters. The van der Waals surface area contributed by atoms with Crippen LogP contribution in [0.3, 0.4) is 0 Å². The van der Waals surface area contributed by atoms with Crippen molar-refractivity contribution in [3.63, 3.8) is 0 Å². The molecule has 0 spiro atoms. The smallest absolute Gasteiger partial charge is 0.202 e. The normalized spacial score (nSPS) is 27.2. The van der Waals surface area contributed by atoms with Crippen molar-refractivity contribution < 1.29 is 9.53 Å². The van der Waals surface area contributed by atoms with E-state index >= 15 is 0 Å². The van der Waals surface area contributed by atoms with E-state index in [0.717, 1.165) is 12.8 Å². The summed E-state index contributed by atoms with van der Waals surface area (Å²) in [6.07, 6.45) is 1.73. The Balaban J connectivity index is 2.07. The number of aliphatic imine (C=N–C) groups is 1. The maximum Gasteiger partial charge on any atom is 0.202 e. The first-order chi connectivity index (χ1) is 8.13. The Kier molecular flexibility index (Phi) is 3.89. The number of ether oxygens (including phenoxy) is 1. The van der Waals surface area contributed by atoms with E-state index in [4.69, 9.17) is 4.74 Å². The van der Waals surface area contributed by atoms with Crippen LogP contribution in [0.25, 0.3) is 0 Å². The molecule has 2 atom stereocenters. The number of rotatable bonds is 4. The average molecular weight is 253 g/mol. The summed E-state index contributed by atoms with van der Waals surface area (Å²) in [5, 5.41) is 3.44. The van der Waals surface area contributed by atoms with E-state index in [1.807, 2.05) is 14.1 Å². The number of carbonyl (C=O) groups excluding carboxylic acids is 1. The fraction of sp³-hybridized carbons (Fsp3) is 0.667. The predicted octanol–water partition coefficient (Wildman–Crippen LogP) is 1.33. The molecule has 2 heterocycles. The van der Waals surface area contributed by atoms with E-state index in [0.29, 0.717) is 11.6 Å². The van der Waals surface area contributed by atoms with Crippen LogP contribution in [-0.4, -0.2) is 49.6 Å². The molecule has 5 heteroatoms. The summed E-state index contributed by atoms with van der Waals surface area (Å²) in [5.74, 6) is 0.430. The largest absolute Gasteiger partial charge is 0.380 e. The molecule has 0 aromatic rings. The van der Waals surface area contributed by atoms with Gasteiger partial charge in [-0.2, -0.15) is 0 Å². The Bertz CT molecular complexity index is 377. The van der Waals surface area contributed by atoms with Crippen LogP contribution in [0.15, 0.2) is 10.7 Å². The number of fused-ring (bicyclic) bond motifs is 1. The highest BCUT2D eigenvalue weighted by atomic mass is 32.2. The molecule has 0 amide bonds. The summed E-state index contributed by atoms with van der Waals surface area (Å²) in [6, 6.07) is 0. The molecule has 0 aromatic heterocycles. The molecule has 0 aliphatic carbocycles. The maximum atomic E-state index is 11.7. The first-order valence-corrected chi connectivity index (χ1v) is 6.56. The van der Waals surface area contributed by atoms with E-state index in [9.17, 15) is 4.79 Å². The molecule has 0 saturated heterocycles. The zero-order valence-corrected chi connectivity index (χ0v) is 11.2. The number of hydrogen-bond acceptors (Lipinski definition) is 5. The highest BCUT2D eigenvalue weighted by Crippen LogP contribution is 2.41. The van der Waals surface area contributed by atoms with Gasteiger partial charge in [-0.15, -0.1) is 0 Å². The van der Waals surface area contributed by atoms with Crippen LogP contribution < -0.4 is 0 Å². The van der Waals surface area contributed by atoms with Gasteiger partial charge < -0.3 is 9.64 Å². The highest BCUT2D eigenvalue weighted by molar-refractivity contribution is 8.01. The van der Waals surface area contributed by atoms with Gasteiger partial charge in [-0.05, 0) is 12.8 Å². The molecule has 0 N–H and O–H groups in total. The zero-order valence-electron chi connectivity index (χ0n) is 10.4. The van der Waals surface area contributed by atoms with Crippen LogP contribution in [0.4, 0.5) is 0 Å². The number of methoxy groups -OCH3 is 1. The van der Waals surface area contributed by atoms with Gasteiger partial charge >= 0.3 is 0 Å². The van der Waals surface area contributed by atoms with Gasteiger partial charge in [0.05, 0.1) is 5.71 Å². The summed E-state index contributed by atoms with van der Waals surface area (Å²) >= 11 is 1.59. The van der Waals surface area contributed by atoms with Gasteiger partial charge in [0.15, 0.2) is 0 Å². The van der Waals surface area contributed by atoms with E-state index in [1.54, 1.807) is 11.8 Å². The minimum atomic E-state index is 0.0184. The van der Waals surface area contributed by atoms with Gasteiger partial charge in [0.1, 0.15) is 12.0 Å². The lowest BCUT2D eigenvalue weighted by atomic mass is 9.93. The summed E-state index contributed by atoms with van der Waals surface area (Å²) in [7, 11) is 5.59. The fourth-order valence-electron chi connectivity index (χ4n) is 2.17. The van der Waals surface area contributed by atoms with Crippen molar-refractivity contribution in [2.75, 3.05) is 27.8 Å². The van der Waals surface area contributed by atoms with Gasteiger partial charge in [0.25, 0.3) is 0 Å². The fourth-order valence-corrected chi connectivity index (χ4v) is 3.35. The van der Waals surface area contributed by atoms with Crippen LogP contribution in [0, 0.1) is 11.3 Å². The molecule has 0 saturated carbocycles. The van der Waals surface area contributed by atoms with Crippen LogP contribution >= 0.6 is 11.8 Å². The molecular formula is C12H17N2O2S. The van der Waals surface area contributed by atoms with Gasteiger partial charge in [0, 0.05) is 38.2 Å². The van der Waals surface area contributed by atoms with Crippen molar-refractivity contribution in [1.82, 2.24) is 4.90 Å². The first kappa shape index (κ1) is 12.6. The van der Waals surface area contributed by atoms with E-state index < -0.39 is 0 Å². The van der Waals surface area contributed by atoms with Crippen molar-refractivity contribution in [3.8, 4) is 0 Å². The number of ketones is 1. The Morgan fingerprint density at radius 1 is 1.65 bits per heavy atom. The lowest BCUT2D eigenvalue weighted by molar-refractivity contribution is -0.116. The number of thioether (sulfide) groups is 1. The predicted molar refractivity (Wildman–Crippen MR) is 68.9 cm³/mol. The second kappa shape index (κ2) is 5.23. The molecule has 0 bridgehead atoms. The Morgan fingerprint density at radius 3 is 3.06 bits per heavy atom. The maximum absolute atomic E-state index is 11.7.